The second-order valence-electron chi connectivity index (χ2n) is 21.3. The number of carboxylic acids is 1. The molecule has 1 aliphatic rings. The van der Waals surface area contributed by atoms with Gasteiger partial charge >= 0.3 is 23.9 Å². The van der Waals surface area contributed by atoms with Crippen LogP contribution in [0.3, 0.4) is 0 Å². The molecule has 3 N–H and O–H groups in total. The summed E-state index contributed by atoms with van der Waals surface area (Å²) in [7, 11) is 0. The molecule has 444 valence electrons. The molecule has 1 heterocycles. The van der Waals surface area contributed by atoms with E-state index in [1.54, 1.807) is 0 Å². The van der Waals surface area contributed by atoms with E-state index in [4.69, 9.17) is 23.7 Å². The molecule has 77 heavy (non-hydrogen) atoms. The van der Waals surface area contributed by atoms with Crippen LogP contribution in [0.4, 0.5) is 0 Å². The monoisotopic (exact) mass is 1080 g/mol. The molecule has 1 aliphatic heterocycles. The van der Waals surface area contributed by atoms with Crippen molar-refractivity contribution in [2.45, 2.75) is 314 Å². The Hall–Kier alpha value is -3.58. The highest BCUT2D eigenvalue weighted by Gasteiger charge is 2.50. The van der Waals surface area contributed by atoms with Gasteiger partial charge in [0.1, 0.15) is 18.8 Å². The number of esters is 3. The van der Waals surface area contributed by atoms with E-state index < -0.39 is 67.3 Å². The zero-order valence-corrected chi connectivity index (χ0v) is 49.0. The lowest BCUT2D eigenvalue weighted by Gasteiger charge is -2.40. The fourth-order valence-electron chi connectivity index (χ4n) is 9.35. The first-order chi connectivity index (χ1) is 37.6. The number of allylic oxidation sites excluding steroid dienone is 10. The fraction of sp³-hybridized carbons (Fsp3) is 0.785. The summed E-state index contributed by atoms with van der Waals surface area (Å²) < 4.78 is 28.4. The second-order valence-corrected chi connectivity index (χ2v) is 21.3. The zero-order valence-electron chi connectivity index (χ0n) is 49.0. The first-order valence-corrected chi connectivity index (χ1v) is 31.3. The van der Waals surface area contributed by atoms with Crippen molar-refractivity contribution in [3.63, 3.8) is 0 Å². The minimum atomic E-state index is -1.91. The Kier molecular flexibility index (Phi) is 49.2. The number of aliphatic hydroxyl groups excluding tert-OH is 2. The van der Waals surface area contributed by atoms with Crippen LogP contribution in [0.15, 0.2) is 60.8 Å². The van der Waals surface area contributed by atoms with Crippen molar-refractivity contribution in [1.82, 2.24) is 0 Å². The summed E-state index contributed by atoms with van der Waals surface area (Å²) in [5.74, 6) is -3.18. The maximum Gasteiger partial charge on any atom is 0.335 e. The van der Waals surface area contributed by atoms with Crippen molar-refractivity contribution in [3.8, 4) is 0 Å². The van der Waals surface area contributed by atoms with Gasteiger partial charge in [-0.1, -0.05) is 261 Å². The molecule has 6 unspecified atom stereocenters. The zero-order chi connectivity index (χ0) is 56.1. The lowest BCUT2D eigenvalue weighted by molar-refractivity contribution is -0.301. The molecule has 0 aromatic rings. The van der Waals surface area contributed by atoms with Crippen molar-refractivity contribution in [2.75, 3.05) is 13.2 Å². The van der Waals surface area contributed by atoms with Gasteiger partial charge < -0.3 is 39.0 Å². The highest BCUT2D eigenvalue weighted by atomic mass is 16.7. The molecule has 0 aliphatic carbocycles. The van der Waals surface area contributed by atoms with Crippen LogP contribution in [0.1, 0.15) is 278 Å². The summed E-state index contributed by atoms with van der Waals surface area (Å²) in [6, 6.07) is 0. The standard InChI is InChI=1S/C65H112O12/c1-4-7-10-13-16-19-22-24-26-28-29-31-33-35-38-41-44-47-50-53-59(68)76-63-61(70)60(69)62(64(71)72)77-65(63)74-55-56(75-58(67)52-49-46-43-40-36-21-18-15-12-9-6-3)54-73-57(66)51-48-45-42-39-37-34-32-30-27-25-23-20-17-14-11-8-5-2/h8,11,17,20,25,27,32,34,39,42,56,60-63,65,69-70H,4-7,9-10,12-16,18-19,21-24,26,28-31,33,35-38,40-41,43-55H2,1-3H3,(H,71,72)/b11-8-,20-17-,27-25-,34-32-,42-39-. The van der Waals surface area contributed by atoms with Gasteiger partial charge in [-0.25, -0.2) is 4.79 Å². The number of rotatable bonds is 53. The first kappa shape index (κ1) is 71.4. The van der Waals surface area contributed by atoms with Gasteiger partial charge in [0.25, 0.3) is 0 Å². The molecular formula is C65H112O12. The third-order valence-electron chi connectivity index (χ3n) is 14.1. The lowest BCUT2D eigenvalue weighted by Crippen LogP contribution is -2.61. The van der Waals surface area contributed by atoms with E-state index in [1.807, 2.05) is 6.08 Å². The predicted octanol–water partition coefficient (Wildman–Crippen LogP) is 16.3. The summed E-state index contributed by atoms with van der Waals surface area (Å²) in [6.45, 7) is 5.85. The molecule has 1 saturated heterocycles. The second kappa shape index (κ2) is 53.1. The number of ether oxygens (including phenoxy) is 5. The Balaban J connectivity index is 2.66. The third-order valence-corrected chi connectivity index (χ3v) is 14.1. The normalized spacial score (nSPS) is 18.4. The average molecular weight is 1090 g/mol. The van der Waals surface area contributed by atoms with Crippen LogP contribution >= 0.6 is 0 Å². The largest absolute Gasteiger partial charge is 0.479 e. The number of hydrogen-bond acceptors (Lipinski definition) is 11. The highest BCUT2D eigenvalue weighted by molar-refractivity contribution is 5.74. The number of unbranched alkanes of at least 4 members (excludes halogenated alkanes) is 29. The first-order valence-electron chi connectivity index (χ1n) is 31.3. The van der Waals surface area contributed by atoms with Crippen LogP contribution in [0.5, 0.6) is 0 Å². The van der Waals surface area contributed by atoms with Crippen LogP contribution in [0.25, 0.3) is 0 Å². The van der Waals surface area contributed by atoms with Gasteiger partial charge in [0.15, 0.2) is 24.6 Å². The molecule has 12 heteroatoms. The van der Waals surface area contributed by atoms with Crippen molar-refractivity contribution in [3.05, 3.63) is 60.8 Å². The Morgan fingerprint density at radius 3 is 1.23 bits per heavy atom. The van der Waals surface area contributed by atoms with Gasteiger partial charge in [0.05, 0.1) is 6.61 Å². The Morgan fingerprint density at radius 1 is 0.442 bits per heavy atom. The van der Waals surface area contributed by atoms with E-state index in [9.17, 15) is 34.5 Å². The van der Waals surface area contributed by atoms with Crippen LogP contribution < -0.4 is 0 Å². The van der Waals surface area contributed by atoms with Crippen LogP contribution in [-0.4, -0.2) is 89.2 Å². The van der Waals surface area contributed by atoms with Gasteiger partial charge in [-0.3, -0.25) is 14.4 Å². The molecule has 1 rings (SSSR count). The number of carbonyl (C=O) groups excluding carboxylic acids is 3. The van der Waals surface area contributed by atoms with Crippen LogP contribution in [-0.2, 0) is 42.9 Å². The molecule has 0 aromatic carbocycles. The van der Waals surface area contributed by atoms with Crippen molar-refractivity contribution < 1.29 is 58.2 Å². The number of carbonyl (C=O) groups is 4. The third kappa shape index (κ3) is 43.0. The molecule has 1 fully saturated rings. The number of aliphatic carboxylic acids is 1. The van der Waals surface area contributed by atoms with Crippen LogP contribution in [0, 0.1) is 0 Å². The van der Waals surface area contributed by atoms with E-state index in [2.05, 4.69) is 75.5 Å². The molecule has 0 spiro atoms. The summed E-state index contributed by atoms with van der Waals surface area (Å²) >= 11 is 0. The summed E-state index contributed by atoms with van der Waals surface area (Å²) in [6.07, 6.45) is 53.4. The van der Waals surface area contributed by atoms with Gasteiger partial charge in [0, 0.05) is 19.3 Å². The Bertz CT molecular complexity index is 1570. The van der Waals surface area contributed by atoms with Crippen molar-refractivity contribution >= 4 is 23.9 Å². The van der Waals surface area contributed by atoms with Gasteiger partial charge in [0.2, 0.25) is 0 Å². The molecule has 6 atom stereocenters. The molecule has 0 aromatic heterocycles. The van der Waals surface area contributed by atoms with Gasteiger partial charge in [-0.2, -0.15) is 0 Å². The topological polar surface area (TPSA) is 175 Å². The highest BCUT2D eigenvalue weighted by Crippen LogP contribution is 2.27. The molecule has 0 radical (unpaired) electrons. The average Bonchev–Trinajstić information content (AvgIpc) is 3.41. The Labute approximate surface area is 468 Å². The van der Waals surface area contributed by atoms with Gasteiger partial charge in [-0.05, 0) is 57.8 Å². The van der Waals surface area contributed by atoms with E-state index in [0.29, 0.717) is 25.7 Å². The van der Waals surface area contributed by atoms with Crippen LogP contribution in [0.2, 0.25) is 0 Å². The summed E-state index contributed by atoms with van der Waals surface area (Å²) in [4.78, 5) is 51.1. The summed E-state index contributed by atoms with van der Waals surface area (Å²) in [5.41, 5.74) is 0. The SMILES string of the molecule is CC/C=C\C/C=C\C/C=C\C/C=C\C/C=C\CCCC(=O)OCC(COC1OC(C(=O)O)C(O)C(O)C1OC(=O)CCCCCCCCCCCCCCCCCCCCC)OC(=O)CCCCCCCCCCCCC. The number of hydrogen-bond donors (Lipinski definition) is 3. The van der Waals surface area contributed by atoms with Gasteiger partial charge in [-0.15, -0.1) is 0 Å². The smallest absolute Gasteiger partial charge is 0.335 e. The number of aliphatic hydroxyl groups is 2. The fourth-order valence-corrected chi connectivity index (χ4v) is 9.35. The van der Waals surface area contributed by atoms with E-state index >= 15 is 0 Å². The lowest BCUT2D eigenvalue weighted by atomic mass is 9.98. The van der Waals surface area contributed by atoms with Crippen molar-refractivity contribution in [2.24, 2.45) is 0 Å². The molecule has 12 nitrogen and oxygen atoms in total. The predicted molar refractivity (Wildman–Crippen MR) is 312 cm³/mol. The molecular weight excluding hydrogens is 973 g/mol. The Morgan fingerprint density at radius 2 is 0.818 bits per heavy atom. The van der Waals surface area contributed by atoms with E-state index in [-0.39, 0.29) is 25.9 Å². The minimum Gasteiger partial charge on any atom is -0.479 e. The molecule has 0 amide bonds. The summed E-state index contributed by atoms with van der Waals surface area (Å²) in [5, 5.41) is 31.5. The molecule has 0 saturated carbocycles. The minimum absolute atomic E-state index is 0.0591. The van der Waals surface area contributed by atoms with E-state index in [1.165, 1.54) is 135 Å². The number of carboxylic acid groups (broad SMARTS) is 1. The maximum atomic E-state index is 13.1. The van der Waals surface area contributed by atoms with E-state index in [0.717, 1.165) is 77.0 Å². The quantitative estimate of drug-likeness (QED) is 0.0228. The maximum absolute atomic E-state index is 13.1. The van der Waals surface area contributed by atoms with Crippen molar-refractivity contribution in [1.29, 1.82) is 0 Å². The molecule has 0 bridgehead atoms.